The van der Waals surface area contributed by atoms with E-state index in [4.69, 9.17) is 18.9 Å². The van der Waals surface area contributed by atoms with Crippen LogP contribution in [-0.2, 0) is 18.9 Å². The first kappa shape index (κ1) is 17.6. The normalized spacial score (nSPS) is 33.9. The highest BCUT2D eigenvalue weighted by Gasteiger charge is 2.38. The van der Waals surface area contributed by atoms with Gasteiger partial charge in [-0.25, -0.2) is 0 Å². The summed E-state index contributed by atoms with van der Waals surface area (Å²) in [5, 5.41) is 0. The average molecular weight is 359 g/mol. The lowest BCUT2D eigenvalue weighted by Crippen LogP contribution is -2.54. The highest BCUT2D eigenvalue weighted by atomic mass is 32.2. The highest BCUT2D eigenvalue weighted by Crippen LogP contribution is 2.25. The van der Waals surface area contributed by atoms with Gasteiger partial charge >= 0.3 is 0 Å². The predicted molar refractivity (Wildman–Crippen MR) is 91.6 cm³/mol. The zero-order valence-electron chi connectivity index (χ0n) is 11.3. The second-order valence-corrected chi connectivity index (χ2v) is 7.67. The molecule has 0 N–H and O–H groups in total. The minimum atomic E-state index is -0.150. The first-order chi connectivity index (χ1) is 9.83. The molecule has 4 nitrogen and oxygen atoms in total. The lowest BCUT2D eigenvalue weighted by molar-refractivity contribution is -0.326. The number of hydrogen-bond donors (Lipinski definition) is 2. The van der Waals surface area contributed by atoms with Crippen molar-refractivity contribution >= 4 is 48.8 Å². The number of thioether (sulfide) groups is 2. The van der Waals surface area contributed by atoms with Crippen molar-refractivity contribution < 1.29 is 18.9 Å². The Morgan fingerprint density at radius 3 is 1.65 bits per heavy atom. The van der Waals surface area contributed by atoms with Gasteiger partial charge < -0.3 is 18.9 Å². The predicted octanol–water partition coefficient (Wildman–Crippen LogP) is 1.80. The quantitative estimate of drug-likeness (QED) is 0.509. The fourth-order valence-corrected chi connectivity index (χ4v) is 4.10. The standard InChI is InChI=1S/C12H22O4S4/c17-1-3-19-7-11-13-5-10-9(15-11)6-14-12(16-10)8-20-4-2-18/h9-12,17-18H,1-8H2/t9-,10-,11+,12+/m0/s1. The van der Waals surface area contributed by atoms with Gasteiger partial charge in [-0.3, -0.25) is 0 Å². The maximum absolute atomic E-state index is 5.87. The van der Waals surface area contributed by atoms with Crippen LogP contribution in [0.1, 0.15) is 0 Å². The molecule has 2 aliphatic heterocycles. The van der Waals surface area contributed by atoms with E-state index in [9.17, 15) is 0 Å². The number of hydrogen-bond acceptors (Lipinski definition) is 8. The van der Waals surface area contributed by atoms with E-state index in [-0.39, 0.29) is 24.8 Å². The molecular weight excluding hydrogens is 336 g/mol. The van der Waals surface area contributed by atoms with Gasteiger partial charge in [0.05, 0.1) is 13.2 Å². The molecule has 20 heavy (non-hydrogen) atoms. The molecule has 2 saturated heterocycles. The number of fused-ring (bicyclic) bond motifs is 1. The molecule has 0 amide bonds. The summed E-state index contributed by atoms with van der Waals surface area (Å²) in [6, 6.07) is 0. The molecule has 2 fully saturated rings. The molecule has 0 aromatic carbocycles. The van der Waals surface area contributed by atoms with Crippen molar-refractivity contribution in [3.8, 4) is 0 Å². The highest BCUT2D eigenvalue weighted by molar-refractivity contribution is 8.00. The number of ether oxygens (including phenoxy) is 4. The summed E-state index contributed by atoms with van der Waals surface area (Å²) in [7, 11) is 0. The van der Waals surface area contributed by atoms with E-state index in [1.165, 1.54) is 0 Å². The molecule has 0 radical (unpaired) electrons. The molecule has 0 unspecified atom stereocenters. The average Bonchev–Trinajstić information content (AvgIpc) is 2.48. The Labute approximate surface area is 140 Å². The Morgan fingerprint density at radius 1 is 0.800 bits per heavy atom. The molecule has 8 heteroatoms. The molecule has 2 aliphatic rings. The topological polar surface area (TPSA) is 36.9 Å². The molecule has 2 rings (SSSR count). The van der Waals surface area contributed by atoms with Crippen LogP contribution in [-0.4, -0.2) is 72.5 Å². The lowest BCUT2D eigenvalue weighted by atomic mass is 10.2. The molecule has 0 aliphatic carbocycles. The van der Waals surface area contributed by atoms with Gasteiger partial charge in [-0.05, 0) is 11.5 Å². The van der Waals surface area contributed by atoms with E-state index in [1.54, 1.807) is 23.5 Å². The Balaban J connectivity index is 1.66. The largest absolute Gasteiger partial charge is 0.349 e. The summed E-state index contributed by atoms with van der Waals surface area (Å²) in [4.78, 5) is 0. The van der Waals surface area contributed by atoms with Gasteiger partial charge in [0, 0.05) is 23.0 Å². The summed E-state index contributed by atoms with van der Waals surface area (Å²) in [6.45, 7) is 1.18. The van der Waals surface area contributed by atoms with Crippen molar-refractivity contribution in [2.75, 3.05) is 47.7 Å². The fraction of sp³-hybridized carbons (Fsp3) is 1.00. The molecule has 2 heterocycles. The third-order valence-corrected chi connectivity index (χ3v) is 5.99. The summed E-state index contributed by atoms with van der Waals surface area (Å²) in [6.07, 6.45) is -0.306. The second kappa shape index (κ2) is 10.1. The number of thiol groups is 2. The van der Waals surface area contributed by atoms with Crippen LogP contribution in [0.25, 0.3) is 0 Å². The molecule has 0 aromatic rings. The van der Waals surface area contributed by atoms with Crippen LogP contribution in [0.5, 0.6) is 0 Å². The van der Waals surface area contributed by atoms with Crippen molar-refractivity contribution in [1.29, 1.82) is 0 Å². The van der Waals surface area contributed by atoms with Gasteiger partial charge in [0.15, 0.2) is 12.6 Å². The monoisotopic (exact) mass is 358 g/mol. The summed E-state index contributed by atoms with van der Waals surface area (Å²) >= 11 is 12.0. The van der Waals surface area contributed by atoms with E-state index >= 15 is 0 Å². The third kappa shape index (κ3) is 5.79. The van der Waals surface area contributed by atoms with E-state index in [0.717, 1.165) is 34.5 Å². The van der Waals surface area contributed by atoms with Gasteiger partial charge in [0.2, 0.25) is 0 Å². The Morgan fingerprint density at radius 2 is 1.25 bits per heavy atom. The van der Waals surface area contributed by atoms with Crippen LogP contribution in [0.15, 0.2) is 0 Å². The van der Waals surface area contributed by atoms with Crippen molar-refractivity contribution in [2.24, 2.45) is 0 Å². The Kier molecular flexibility index (Phi) is 8.88. The lowest BCUT2D eigenvalue weighted by Gasteiger charge is -2.41. The molecule has 0 saturated carbocycles. The molecular formula is C12H22O4S4. The van der Waals surface area contributed by atoms with Crippen molar-refractivity contribution in [2.45, 2.75) is 24.8 Å². The van der Waals surface area contributed by atoms with E-state index in [2.05, 4.69) is 25.3 Å². The van der Waals surface area contributed by atoms with Gasteiger partial charge in [0.25, 0.3) is 0 Å². The zero-order chi connectivity index (χ0) is 14.2. The van der Waals surface area contributed by atoms with Crippen LogP contribution in [0, 0.1) is 0 Å². The van der Waals surface area contributed by atoms with Crippen LogP contribution in [0.3, 0.4) is 0 Å². The Bertz CT molecular complexity index is 246. The van der Waals surface area contributed by atoms with Crippen LogP contribution in [0.4, 0.5) is 0 Å². The second-order valence-electron chi connectivity index (χ2n) is 4.47. The molecule has 0 aromatic heterocycles. The van der Waals surface area contributed by atoms with Crippen molar-refractivity contribution in [3.63, 3.8) is 0 Å². The summed E-state index contributed by atoms with van der Waals surface area (Å²) < 4.78 is 23.1. The smallest absolute Gasteiger partial charge is 0.167 e. The molecule has 118 valence electrons. The van der Waals surface area contributed by atoms with Gasteiger partial charge in [0.1, 0.15) is 12.2 Å². The van der Waals surface area contributed by atoms with E-state index in [0.29, 0.717) is 13.2 Å². The number of rotatable bonds is 8. The third-order valence-electron chi connectivity index (χ3n) is 2.94. The van der Waals surface area contributed by atoms with Crippen LogP contribution in [0.2, 0.25) is 0 Å². The summed E-state index contributed by atoms with van der Waals surface area (Å²) in [5.41, 5.74) is 0. The SMILES string of the molecule is SCCSC[C@@H]1OC[C@@H]2O[C@H](CSCCS)OC[C@@H]2O1. The van der Waals surface area contributed by atoms with E-state index < -0.39 is 0 Å². The van der Waals surface area contributed by atoms with Gasteiger partial charge in [-0.15, -0.1) is 0 Å². The maximum Gasteiger partial charge on any atom is 0.167 e. The first-order valence-corrected chi connectivity index (χ1v) is 10.3. The Hall–Kier alpha value is 1.24. The molecule has 0 bridgehead atoms. The van der Waals surface area contributed by atoms with E-state index in [1.807, 2.05) is 0 Å². The van der Waals surface area contributed by atoms with Crippen molar-refractivity contribution in [1.82, 2.24) is 0 Å². The maximum atomic E-state index is 5.87. The van der Waals surface area contributed by atoms with Gasteiger partial charge in [-0.2, -0.15) is 48.8 Å². The van der Waals surface area contributed by atoms with Crippen molar-refractivity contribution in [3.05, 3.63) is 0 Å². The zero-order valence-corrected chi connectivity index (χ0v) is 14.7. The first-order valence-electron chi connectivity index (χ1n) is 6.75. The molecule has 0 spiro atoms. The minimum Gasteiger partial charge on any atom is -0.349 e. The summed E-state index contributed by atoms with van der Waals surface area (Å²) in [5.74, 6) is 5.45. The van der Waals surface area contributed by atoms with Gasteiger partial charge in [-0.1, -0.05) is 0 Å². The fourth-order valence-electron chi connectivity index (χ4n) is 2.00. The van der Waals surface area contributed by atoms with Crippen LogP contribution >= 0.6 is 48.8 Å². The minimum absolute atomic E-state index is 0.00326. The molecule has 4 atom stereocenters. The van der Waals surface area contributed by atoms with Crippen LogP contribution < -0.4 is 0 Å².